The predicted octanol–water partition coefficient (Wildman–Crippen LogP) is 8.18. The van der Waals surface area contributed by atoms with Crippen molar-refractivity contribution in [2.75, 3.05) is 0 Å². The van der Waals surface area contributed by atoms with Crippen molar-refractivity contribution in [3.63, 3.8) is 0 Å². The minimum absolute atomic E-state index is 0.110. The van der Waals surface area contributed by atoms with Gasteiger partial charge in [0.1, 0.15) is 0 Å². The lowest BCUT2D eigenvalue weighted by Crippen LogP contribution is -2.31. The Labute approximate surface area is 185 Å². The van der Waals surface area contributed by atoms with Gasteiger partial charge in [-0.25, -0.2) is 4.98 Å². The fraction of sp³-hybridized carbons (Fsp3) is 0.750. The van der Waals surface area contributed by atoms with Crippen molar-refractivity contribution in [1.29, 1.82) is 0 Å². The van der Waals surface area contributed by atoms with Crippen LogP contribution < -0.4 is 0 Å². The number of hydrogen-bond acceptors (Lipinski definition) is 1. The second-order valence-electron chi connectivity index (χ2n) is 12.8. The lowest BCUT2D eigenvalue weighted by atomic mass is 9.64. The summed E-state index contributed by atoms with van der Waals surface area (Å²) in [6, 6.07) is 4.70. The molecule has 2 heterocycles. The number of nitrogens with zero attached hydrogens (tertiary/aromatic N) is 2. The molecule has 1 fully saturated rings. The Hall–Kier alpha value is -1.31. The average Bonchev–Trinajstić information content (AvgIpc) is 3.14. The number of fused-ring (bicyclic) bond motifs is 1. The molecular weight excluding hydrogens is 364 g/mol. The second kappa shape index (κ2) is 8.32. The maximum absolute atomic E-state index is 4.52. The van der Waals surface area contributed by atoms with E-state index in [4.69, 9.17) is 0 Å². The summed E-state index contributed by atoms with van der Waals surface area (Å²) < 4.78 is 2.31. The van der Waals surface area contributed by atoms with E-state index in [9.17, 15) is 0 Å². The Bertz CT molecular complexity index is 839. The van der Waals surface area contributed by atoms with Gasteiger partial charge in [-0.1, -0.05) is 68.4 Å². The fourth-order valence-electron chi connectivity index (χ4n) is 5.74. The standard InChI is InChI=1S/C28H46N2/c1-20(2)21-10-12-22(13-11-21)27(6,7)16-17-28(8,9)23-14-15-25(26(3,4)5)30-19-29-18-24(23)30/h14-15,18-22H,10-13,16-17H2,1-9H3. The largest absolute Gasteiger partial charge is 0.302 e. The summed E-state index contributed by atoms with van der Waals surface area (Å²) in [5.74, 6) is 2.67. The maximum Gasteiger partial charge on any atom is 0.0994 e. The molecule has 0 unspecified atom stereocenters. The Morgan fingerprint density at radius 3 is 2.13 bits per heavy atom. The van der Waals surface area contributed by atoms with Crippen LogP contribution in [0.25, 0.3) is 5.52 Å². The van der Waals surface area contributed by atoms with Crippen molar-refractivity contribution in [3.8, 4) is 0 Å². The highest BCUT2D eigenvalue weighted by atomic mass is 15.0. The highest BCUT2D eigenvalue weighted by Crippen LogP contribution is 2.46. The molecule has 2 heteroatoms. The Balaban J connectivity index is 1.75. The van der Waals surface area contributed by atoms with E-state index < -0.39 is 0 Å². The Morgan fingerprint density at radius 1 is 0.933 bits per heavy atom. The summed E-state index contributed by atoms with van der Waals surface area (Å²) in [6.45, 7) is 21.6. The molecule has 0 N–H and O–H groups in total. The van der Waals surface area contributed by atoms with Crippen LogP contribution in [-0.2, 0) is 10.8 Å². The maximum atomic E-state index is 4.52. The highest BCUT2D eigenvalue weighted by molar-refractivity contribution is 5.58. The van der Waals surface area contributed by atoms with Crippen molar-refractivity contribution < 1.29 is 0 Å². The van der Waals surface area contributed by atoms with Crippen LogP contribution in [0.4, 0.5) is 0 Å². The zero-order chi connectivity index (χ0) is 22.3. The van der Waals surface area contributed by atoms with Gasteiger partial charge in [-0.05, 0) is 78.7 Å². The number of pyridine rings is 1. The van der Waals surface area contributed by atoms with Crippen LogP contribution in [0.1, 0.15) is 112 Å². The molecule has 1 saturated carbocycles. The number of imidazole rings is 1. The van der Waals surface area contributed by atoms with Gasteiger partial charge < -0.3 is 4.40 Å². The smallest absolute Gasteiger partial charge is 0.0994 e. The molecule has 2 nitrogen and oxygen atoms in total. The lowest BCUT2D eigenvalue weighted by molar-refractivity contribution is 0.101. The number of hydrogen-bond donors (Lipinski definition) is 0. The summed E-state index contributed by atoms with van der Waals surface area (Å²) in [5.41, 5.74) is 4.72. The van der Waals surface area contributed by atoms with Crippen molar-refractivity contribution in [2.24, 2.45) is 23.2 Å². The van der Waals surface area contributed by atoms with Crippen LogP contribution in [0.3, 0.4) is 0 Å². The zero-order valence-electron chi connectivity index (χ0n) is 21.2. The van der Waals surface area contributed by atoms with Gasteiger partial charge in [0.05, 0.1) is 18.0 Å². The minimum Gasteiger partial charge on any atom is -0.302 e. The van der Waals surface area contributed by atoms with Crippen LogP contribution in [0.5, 0.6) is 0 Å². The molecule has 168 valence electrons. The molecule has 0 bridgehead atoms. The van der Waals surface area contributed by atoms with Gasteiger partial charge in [0, 0.05) is 11.1 Å². The second-order valence-corrected chi connectivity index (χ2v) is 12.8. The molecule has 0 aliphatic heterocycles. The molecule has 30 heavy (non-hydrogen) atoms. The average molecular weight is 411 g/mol. The number of aromatic nitrogens is 2. The molecule has 1 aliphatic rings. The summed E-state index contributed by atoms with van der Waals surface area (Å²) in [6.07, 6.45) is 12.3. The molecule has 0 spiro atoms. The summed E-state index contributed by atoms with van der Waals surface area (Å²) in [4.78, 5) is 4.52. The van der Waals surface area contributed by atoms with Crippen molar-refractivity contribution >= 4 is 5.52 Å². The van der Waals surface area contributed by atoms with Crippen molar-refractivity contribution in [3.05, 3.63) is 35.9 Å². The van der Waals surface area contributed by atoms with Gasteiger partial charge in [0.15, 0.2) is 0 Å². The quantitative estimate of drug-likeness (QED) is 0.469. The van der Waals surface area contributed by atoms with Crippen LogP contribution >= 0.6 is 0 Å². The molecule has 3 rings (SSSR count). The SMILES string of the molecule is CC(C)C1CCC(C(C)(C)CCC(C)(C)c2ccc(C(C)(C)C)n3cncc23)CC1. The fourth-order valence-corrected chi connectivity index (χ4v) is 5.74. The third kappa shape index (κ3) is 4.78. The molecule has 2 aromatic heterocycles. The summed E-state index contributed by atoms with van der Waals surface area (Å²) in [7, 11) is 0. The zero-order valence-corrected chi connectivity index (χ0v) is 21.2. The van der Waals surface area contributed by atoms with Gasteiger partial charge in [-0.3, -0.25) is 0 Å². The van der Waals surface area contributed by atoms with Gasteiger partial charge >= 0.3 is 0 Å². The van der Waals surface area contributed by atoms with Crippen LogP contribution in [0, 0.1) is 23.2 Å². The normalized spacial score (nSPS) is 21.5. The van der Waals surface area contributed by atoms with E-state index in [0.717, 1.165) is 17.8 Å². The van der Waals surface area contributed by atoms with Gasteiger partial charge in [-0.15, -0.1) is 0 Å². The Kier molecular flexibility index (Phi) is 6.48. The highest BCUT2D eigenvalue weighted by Gasteiger charge is 2.36. The molecule has 0 radical (unpaired) electrons. The molecule has 2 aromatic rings. The van der Waals surface area contributed by atoms with E-state index in [1.807, 2.05) is 6.33 Å². The van der Waals surface area contributed by atoms with Crippen LogP contribution in [0.2, 0.25) is 0 Å². The first-order valence-corrected chi connectivity index (χ1v) is 12.3. The third-order valence-electron chi connectivity index (χ3n) is 8.29. The van der Waals surface area contributed by atoms with Gasteiger partial charge in [0.2, 0.25) is 0 Å². The predicted molar refractivity (Wildman–Crippen MR) is 130 cm³/mol. The van der Waals surface area contributed by atoms with Crippen molar-refractivity contribution in [2.45, 2.75) is 112 Å². The molecule has 1 aliphatic carbocycles. The van der Waals surface area contributed by atoms with Gasteiger partial charge in [0.25, 0.3) is 0 Å². The van der Waals surface area contributed by atoms with E-state index >= 15 is 0 Å². The van der Waals surface area contributed by atoms with E-state index in [-0.39, 0.29) is 10.8 Å². The van der Waals surface area contributed by atoms with E-state index in [2.05, 4.69) is 90.0 Å². The molecule has 0 aromatic carbocycles. The monoisotopic (exact) mass is 410 g/mol. The minimum atomic E-state index is 0.110. The molecular formula is C28H46N2. The van der Waals surface area contributed by atoms with E-state index in [1.165, 1.54) is 55.3 Å². The Morgan fingerprint density at radius 2 is 1.57 bits per heavy atom. The summed E-state index contributed by atoms with van der Waals surface area (Å²) >= 11 is 0. The lowest BCUT2D eigenvalue weighted by Gasteiger charge is -2.42. The first kappa shape index (κ1) is 23.4. The summed E-state index contributed by atoms with van der Waals surface area (Å²) in [5, 5.41) is 0. The molecule has 0 amide bonds. The van der Waals surface area contributed by atoms with Crippen LogP contribution in [-0.4, -0.2) is 9.38 Å². The topological polar surface area (TPSA) is 17.3 Å². The van der Waals surface area contributed by atoms with Gasteiger partial charge in [-0.2, -0.15) is 0 Å². The first-order chi connectivity index (χ1) is 13.8. The molecule has 0 atom stereocenters. The van der Waals surface area contributed by atoms with E-state index in [1.54, 1.807) is 0 Å². The van der Waals surface area contributed by atoms with Crippen LogP contribution in [0.15, 0.2) is 24.7 Å². The molecule has 0 saturated heterocycles. The van der Waals surface area contributed by atoms with Crippen molar-refractivity contribution in [1.82, 2.24) is 9.38 Å². The first-order valence-electron chi connectivity index (χ1n) is 12.3. The van der Waals surface area contributed by atoms with E-state index in [0.29, 0.717) is 5.41 Å². The third-order valence-corrected chi connectivity index (χ3v) is 8.29. The number of rotatable bonds is 6.